The average molecular weight is 589 g/mol. The second kappa shape index (κ2) is 10.0. The molecule has 238 valence electrons. The first-order valence-corrected chi connectivity index (χ1v) is 16.8. The molecule has 4 fully saturated rings. The quantitative estimate of drug-likeness (QED) is 0.242. The number of aliphatic hydroxyl groups is 3. The molecule has 0 aromatic heterocycles. The van der Waals surface area contributed by atoms with E-state index in [1.165, 1.54) is 5.57 Å². The van der Waals surface area contributed by atoms with E-state index >= 15 is 0 Å². The Kier molecular flexibility index (Phi) is 7.39. The van der Waals surface area contributed by atoms with E-state index in [0.29, 0.717) is 11.8 Å². The number of fused-ring (bicyclic) bond motifs is 6. The third-order valence-electron chi connectivity index (χ3n) is 14.2. The summed E-state index contributed by atoms with van der Waals surface area (Å²) >= 11 is 0. The summed E-state index contributed by atoms with van der Waals surface area (Å²) < 4.78 is 12.3. The highest BCUT2D eigenvalue weighted by Crippen LogP contribution is 2.71. The lowest BCUT2D eigenvalue weighted by Crippen LogP contribution is -2.63. The smallest absolute Gasteiger partial charge is 0.310 e. The van der Waals surface area contributed by atoms with Crippen molar-refractivity contribution in [1.29, 1.82) is 0 Å². The summed E-state index contributed by atoms with van der Waals surface area (Å²) in [4.78, 5) is 12.8. The van der Waals surface area contributed by atoms with Crippen LogP contribution in [-0.2, 0) is 14.3 Å². The first-order chi connectivity index (χ1) is 19.5. The van der Waals surface area contributed by atoms with Crippen molar-refractivity contribution in [1.82, 2.24) is 0 Å². The standard InChI is InChI=1S/C35H56O7/c1-19-26(36)27(37)28(38)29(41-19)42-25-12-14-34(7)23(32(25,4)5)11-13-33(6)21-10-15-35(30(39)40)17-16-31(2,3)18-22(35)20(21)8-9-24(33)34/h19,22-29,36-38H,8-18H2,1-7H3,(H,39,40)/t19-,22+,23+,24+,25+,26-,27+,28-,29+,33+,34+,35-/m1/s1. The molecule has 0 spiro atoms. The molecular formula is C35H56O7. The lowest BCUT2D eigenvalue weighted by Gasteiger charge is -2.67. The number of aliphatic carboxylic acids is 1. The Balaban J connectivity index is 1.27. The summed E-state index contributed by atoms with van der Waals surface area (Å²) in [5, 5.41) is 41.8. The maximum absolute atomic E-state index is 12.8. The molecule has 5 aliphatic carbocycles. The molecule has 4 N–H and O–H groups in total. The fourth-order valence-electron chi connectivity index (χ4n) is 11.8. The van der Waals surface area contributed by atoms with Gasteiger partial charge in [0, 0.05) is 0 Å². The molecule has 7 heteroatoms. The van der Waals surface area contributed by atoms with Crippen molar-refractivity contribution in [2.24, 2.45) is 44.8 Å². The molecule has 1 heterocycles. The van der Waals surface area contributed by atoms with Gasteiger partial charge in [-0.25, -0.2) is 0 Å². The minimum absolute atomic E-state index is 0.104. The molecule has 0 bridgehead atoms. The molecule has 1 aliphatic heterocycles. The Hall–Kier alpha value is -0.990. The van der Waals surface area contributed by atoms with Crippen LogP contribution in [0.5, 0.6) is 0 Å². The topological polar surface area (TPSA) is 116 Å². The summed E-state index contributed by atoms with van der Waals surface area (Å²) in [5.74, 6) is 0.587. The largest absolute Gasteiger partial charge is 0.481 e. The van der Waals surface area contributed by atoms with Crippen molar-refractivity contribution in [2.45, 2.75) is 156 Å². The van der Waals surface area contributed by atoms with Crippen molar-refractivity contribution < 1.29 is 34.7 Å². The predicted octanol–water partition coefficient (Wildman–Crippen LogP) is 5.84. The Morgan fingerprint density at radius 2 is 1.55 bits per heavy atom. The molecule has 6 rings (SSSR count). The average Bonchev–Trinajstić information content (AvgIpc) is 2.91. The summed E-state index contributed by atoms with van der Waals surface area (Å²) in [5.41, 5.74) is 2.83. The molecule has 0 radical (unpaired) electrons. The number of carbonyl (C=O) groups is 1. The molecule has 0 unspecified atom stereocenters. The molecule has 0 amide bonds. The number of ether oxygens (including phenoxy) is 2. The van der Waals surface area contributed by atoms with Crippen LogP contribution in [0, 0.1) is 44.8 Å². The van der Waals surface area contributed by atoms with Gasteiger partial charge in [-0.15, -0.1) is 0 Å². The Bertz CT molecular complexity index is 1130. The van der Waals surface area contributed by atoms with Crippen LogP contribution in [0.15, 0.2) is 11.1 Å². The lowest BCUT2D eigenvalue weighted by atomic mass is 9.38. The van der Waals surface area contributed by atoms with Gasteiger partial charge < -0.3 is 29.9 Å². The van der Waals surface area contributed by atoms with Gasteiger partial charge in [-0.2, -0.15) is 0 Å². The molecule has 0 aromatic rings. The van der Waals surface area contributed by atoms with E-state index in [9.17, 15) is 25.2 Å². The van der Waals surface area contributed by atoms with E-state index in [-0.39, 0.29) is 33.7 Å². The van der Waals surface area contributed by atoms with E-state index in [1.54, 1.807) is 12.5 Å². The summed E-state index contributed by atoms with van der Waals surface area (Å²) in [6.45, 7) is 16.0. The van der Waals surface area contributed by atoms with Gasteiger partial charge >= 0.3 is 5.97 Å². The van der Waals surface area contributed by atoms with Crippen LogP contribution in [0.2, 0.25) is 0 Å². The normalized spacial score (nSPS) is 51.5. The van der Waals surface area contributed by atoms with E-state index in [4.69, 9.17) is 9.47 Å². The molecule has 0 aromatic carbocycles. The van der Waals surface area contributed by atoms with Gasteiger partial charge in [0.25, 0.3) is 0 Å². The maximum atomic E-state index is 12.8. The first kappa shape index (κ1) is 31.0. The molecule has 6 aliphatic rings. The predicted molar refractivity (Wildman–Crippen MR) is 159 cm³/mol. The third kappa shape index (κ3) is 4.34. The summed E-state index contributed by atoms with van der Waals surface area (Å²) in [6, 6.07) is 0. The van der Waals surface area contributed by atoms with Crippen LogP contribution in [-0.4, -0.2) is 63.2 Å². The van der Waals surface area contributed by atoms with Crippen LogP contribution >= 0.6 is 0 Å². The SMILES string of the molecule is C[C@H]1O[C@@H](O[C@H]2CC[C@]3(C)[C@H]4CCC5=C(CC[C@@]6(C(=O)O)CCC(C)(C)C[C@@H]56)[C@]4(C)CC[C@H]3C2(C)C)[C@H](O)[C@@H](O)[C@@H]1O. The second-order valence-electron chi connectivity index (χ2n) is 17.2. The van der Waals surface area contributed by atoms with E-state index in [0.717, 1.165) is 70.6 Å². The number of carboxylic acid groups (broad SMARTS) is 1. The number of aliphatic hydroxyl groups excluding tert-OH is 3. The van der Waals surface area contributed by atoms with Crippen molar-refractivity contribution in [3.63, 3.8) is 0 Å². The monoisotopic (exact) mass is 588 g/mol. The highest BCUT2D eigenvalue weighted by Gasteiger charge is 2.65. The molecule has 1 saturated heterocycles. The minimum atomic E-state index is -1.29. The van der Waals surface area contributed by atoms with Crippen molar-refractivity contribution in [3.8, 4) is 0 Å². The molecule has 7 nitrogen and oxygen atoms in total. The zero-order valence-electron chi connectivity index (χ0n) is 27.0. The first-order valence-electron chi connectivity index (χ1n) is 16.8. The van der Waals surface area contributed by atoms with Gasteiger partial charge in [-0.1, -0.05) is 52.7 Å². The van der Waals surface area contributed by atoms with Gasteiger partial charge in [-0.05, 0) is 117 Å². The zero-order chi connectivity index (χ0) is 30.6. The van der Waals surface area contributed by atoms with Gasteiger partial charge in [0.1, 0.15) is 18.3 Å². The number of allylic oxidation sites excluding steroid dienone is 2. The van der Waals surface area contributed by atoms with Gasteiger partial charge in [-0.3, -0.25) is 4.79 Å². The minimum Gasteiger partial charge on any atom is -0.481 e. The lowest BCUT2D eigenvalue weighted by molar-refractivity contribution is -0.323. The summed E-state index contributed by atoms with van der Waals surface area (Å²) in [7, 11) is 0. The highest BCUT2D eigenvalue weighted by molar-refractivity contribution is 5.76. The molecule has 12 atom stereocenters. The Morgan fingerprint density at radius 3 is 2.24 bits per heavy atom. The van der Waals surface area contributed by atoms with Gasteiger partial charge in [0.05, 0.1) is 17.6 Å². The number of hydrogen-bond donors (Lipinski definition) is 4. The van der Waals surface area contributed by atoms with E-state index < -0.39 is 42.1 Å². The van der Waals surface area contributed by atoms with E-state index in [2.05, 4.69) is 41.5 Å². The van der Waals surface area contributed by atoms with Crippen molar-refractivity contribution in [2.75, 3.05) is 0 Å². The van der Waals surface area contributed by atoms with Crippen molar-refractivity contribution >= 4 is 5.97 Å². The summed E-state index contributed by atoms with van der Waals surface area (Å²) in [6.07, 6.45) is 5.38. The fraction of sp³-hybridized carbons (Fsp3) is 0.914. The number of carboxylic acids is 1. The zero-order valence-corrected chi connectivity index (χ0v) is 27.0. The van der Waals surface area contributed by atoms with Crippen LogP contribution in [0.25, 0.3) is 0 Å². The van der Waals surface area contributed by atoms with Crippen molar-refractivity contribution in [3.05, 3.63) is 11.1 Å². The van der Waals surface area contributed by atoms with Gasteiger partial charge in [0.2, 0.25) is 0 Å². The Labute approximate surface area is 252 Å². The second-order valence-corrected chi connectivity index (χ2v) is 17.2. The van der Waals surface area contributed by atoms with Crippen LogP contribution in [0.4, 0.5) is 0 Å². The van der Waals surface area contributed by atoms with Crippen LogP contribution < -0.4 is 0 Å². The Morgan fingerprint density at radius 1 is 0.833 bits per heavy atom. The highest BCUT2D eigenvalue weighted by atomic mass is 16.7. The van der Waals surface area contributed by atoms with E-state index in [1.807, 2.05) is 0 Å². The van der Waals surface area contributed by atoms with Gasteiger partial charge in [0.15, 0.2) is 6.29 Å². The van der Waals surface area contributed by atoms with Crippen LogP contribution in [0.1, 0.15) is 119 Å². The third-order valence-corrected chi connectivity index (χ3v) is 14.2. The number of hydrogen-bond acceptors (Lipinski definition) is 6. The van der Waals surface area contributed by atoms with Crippen LogP contribution in [0.3, 0.4) is 0 Å². The molecular weight excluding hydrogens is 532 g/mol. The molecule has 42 heavy (non-hydrogen) atoms. The molecule has 3 saturated carbocycles. The number of rotatable bonds is 3. The fourth-order valence-corrected chi connectivity index (χ4v) is 11.8. The maximum Gasteiger partial charge on any atom is 0.310 e.